The van der Waals surface area contributed by atoms with E-state index < -0.39 is 0 Å². The van der Waals surface area contributed by atoms with E-state index in [0.29, 0.717) is 11.8 Å². The molecule has 2 heterocycles. The van der Waals surface area contributed by atoms with Crippen LogP contribution in [0.5, 0.6) is 0 Å². The van der Waals surface area contributed by atoms with E-state index >= 15 is 0 Å². The van der Waals surface area contributed by atoms with E-state index in [1.54, 1.807) is 0 Å². The second kappa shape index (κ2) is 8.23. The van der Waals surface area contributed by atoms with Crippen LogP contribution in [-0.4, -0.2) is 15.7 Å². The molecule has 1 aliphatic rings. The van der Waals surface area contributed by atoms with Crippen LogP contribution in [-0.2, 0) is 0 Å². The Morgan fingerprint density at radius 3 is 1.97 bits per heavy atom. The lowest BCUT2D eigenvalue weighted by molar-refractivity contribution is 0.795. The smallest absolute Gasteiger partial charge is 0.109 e. The molecule has 3 aromatic carbocycles. The summed E-state index contributed by atoms with van der Waals surface area (Å²) in [6.07, 6.45) is 4.92. The molecule has 160 valence electrons. The maximum absolute atomic E-state index is 4.59. The van der Waals surface area contributed by atoms with Crippen LogP contribution in [0, 0.1) is 5.92 Å². The summed E-state index contributed by atoms with van der Waals surface area (Å²) in [6.45, 7) is 8.72. The molecule has 32 heavy (non-hydrogen) atoms. The molecule has 0 radical (unpaired) electrons. The number of nitrogens with zero attached hydrogens (tertiary/aromatic N) is 2. The number of hydrogen-bond acceptors (Lipinski definition) is 2. The third-order valence-electron chi connectivity index (χ3n) is 6.31. The Hall–Kier alpha value is -3.46. The number of allylic oxidation sites excluding steroid dienone is 1. The van der Waals surface area contributed by atoms with Crippen LogP contribution in [0.25, 0.3) is 38.7 Å². The molecule has 0 unspecified atom stereocenters. The minimum atomic E-state index is 0.396. The Labute approximate surface area is 190 Å². The third kappa shape index (κ3) is 3.91. The number of aromatic amines is 1. The van der Waals surface area contributed by atoms with Crippen molar-refractivity contribution >= 4 is 22.1 Å². The second-order valence-corrected chi connectivity index (χ2v) is 9.30. The fourth-order valence-electron chi connectivity index (χ4n) is 4.22. The van der Waals surface area contributed by atoms with Crippen molar-refractivity contribution in [3.8, 4) is 22.4 Å². The van der Waals surface area contributed by atoms with Crippen molar-refractivity contribution in [2.75, 3.05) is 0 Å². The van der Waals surface area contributed by atoms with Crippen LogP contribution in [0.15, 0.2) is 78.1 Å². The summed E-state index contributed by atoms with van der Waals surface area (Å²) in [6, 6.07) is 22.2. The van der Waals surface area contributed by atoms with Gasteiger partial charge in [-0.15, -0.1) is 0 Å². The molecule has 5 rings (SSSR count). The molecule has 0 aliphatic carbocycles. The van der Waals surface area contributed by atoms with Crippen LogP contribution in [0.2, 0.25) is 0 Å². The standard InChI is InChI=1S/C29H29N3/c1-18(2)27-15-26(16-30-27)21-7-5-20(6-8-21)22-9-10-24-14-25(12-11-23(24)13-22)28-17-31-29(32-28)19(3)4/h5-14,16-19H,15H2,1-4H3,(H,31,32). The van der Waals surface area contributed by atoms with Crippen LogP contribution in [0.4, 0.5) is 0 Å². The van der Waals surface area contributed by atoms with E-state index in [9.17, 15) is 0 Å². The molecular formula is C29H29N3. The van der Waals surface area contributed by atoms with Crippen LogP contribution >= 0.6 is 0 Å². The topological polar surface area (TPSA) is 41.0 Å². The van der Waals surface area contributed by atoms with E-state index in [1.807, 2.05) is 12.4 Å². The van der Waals surface area contributed by atoms with Gasteiger partial charge in [0.1, 0.15) is 5.82 Å². The number of aliphatic imine (C=N–C) groups is 1. The Morgan fingerprint density at radius 1 is 0.719 bits per heavy atom. The zero-order chi connectivity index (χ0) is 22.2. The Balaban J connectivity index is 1.38. The quantitative estimate of drug-likeness (QED) is 0.351. The van der Waals surface area contributed by atoms with Crippen molar-refractivity contribution < 1.29 is 0 Å². The fourth-order valence-corrected chi connectivity index (χ4v) is 4.22. The summed E-state index contributed by atoms with van der Waals surface area (Å²) in [5, 5.41) is 2.48. The summed E-state index contributed by atoms with van der Waals surface area (Å²) in [4.78, 5) is 12.5. The van der Waals surface area contributed by atoms with Gasteiger partial charge in [-0.25, -0.2) is 4.98 Å². The van der Waals surface area contributed by atoms with Crippen LogP contribution in [0.1, 0.15) is 51.4 Å². The average Bonchev–Trinajstić information content (AvgIpc) is 3.49. The van der Waals surface area contributed by atoms with E-state index in [-0.39, 0.29) is 0 Å². The third-order valence-corrected chi connectivity index (χ3v) is 6.31. The molecule has 1 aromatic heterocycles. The molecule has 1 N–H and O–H groups in total. The fraction of sp³-hybridized carbons (Fsp3) is 0.241. The Morgan fingerprint density at radius 2 is 1.34 bits per heavy atom. The zero-order valence-corrected chi connectivity index (χ0v) is 19.2. The van der Waals surface area contributed by atoms with E-state index in [0.717, 1.165) is 17.9 Å². The van der Waals surface area contributed by atoms with Gasteiger partial charge in [-0.3, -0.25) is 4.99 Å². The molecule has 0 spiro atoms. The number of hydrogen-bond donors (Lipinski definition) is 1. The number of fused-ring (bicyclic) bond motifs is 1. The van der Waals surface area contributed by atoms with Gasteiger partial charge in [0.05, 0.1) is 11.9 Å². The maximum atomic E-state index is 4.59. The van der Waals surface area contributed by atoms with Gasteiger partial charge in [0, 0.05) is 29.8 Å². The molecule has 1 aliphatic heterocycles. The highest BCUT2D eigenvalue weighted by molar-refractivity contribution is 5.99. The minimum absolute atomic E-state index is 0.396. The first-order valence-electron chi connectivity index (χ1n) is 11.4. The van der Waals surface area contributed by atoms with Gasteiger partial charge >= 0.3 is 0 Å². The highest BCUT2D eigenvalue weighted by Crippen LogP contribution is 2.31. The summed E-state index contributed by atoms with van der Waals surface area (Å²) >= 11 is 0. The van der Waals surface area contributed by atoms with E-state index in [2.05, 4.69) is 103 Å². The monoisotopic (exact) mass is 419 g/mol. The molecule has 0 atom stereocenters. The molecular weight excluding hydrogens is 390 g/mol. The van der Waals surface area contributed by atoms with Crippen molar-refractivity contribution in [2.24, 2.45) is 10.9 Å². The molecule has 4 aromatic rings. The second-order valence-electron chi connectivity index (χ2n) is 9.30. The first-order chi connectivity index (χ1) is 15.5. The number of aromatic nitrogens is 2. The van der Waals surface area contributed by atoms with Crippen molar-refractivity contribution in [3.05, 3.63) is 84.4 Å². The highest BCUT2D eigenvalue weighted by atomic mass is 14.9. The molecule has 0 fully saturated rings. The van der Waals surface area contributed by atoms with Crippen molar-refractivity contribution in [1.29, 1.82) is 0 Å². The molecule has 3 nitrogen and oxygen atoms in total. The Bertz CT molecular complexity index is 1330. The largest absolute Gasteiger partial charge is 0.342 e. The molecule has 0 bridgehead atoms. The lowest BCUT2D eigenvalue weighted by atomic mass is 9.95. The summed E-state index contributed by atoms with van der Waals surface area (Å²) in [5.74, 6) is 1.93. The van der Waals surface area contributed by atoms with Gasteiger partial charge < -0.3 is 4.98 Å². The number of nitrogens with one attached hydrogen (secondary N) is 1. The van der Waals surface area contributed by atoms with Crippen LogP contribution in [0.3, 0.4) is 0 Å². The zero-order valence-electron chi connectivity index (χ0n) is 19.2. The highest BCUT2D eigenvalue weighted by Gasteiger charge is 2.15. The van der Waals surface area contributed by atoms with Crippen molar-refractivity contribution in [3.63, 3.8) is 0 Å². The summed E-state index contributed by atoms with van der Waals surface area (Å²) in [7, 11) is 0. The first-order valence-corrected chi connectivity index (χ1v) is 11.4. The lowest BCUT2D eigenvalue weighted by Gasteiger charge is -2.09. The molecule has 0 saturated carbocycles. The van der Waals surface area contributed by atoms with Gasteiger partial charge in [0.25, 0.3) is 0 Å². The van der Waals surface area contributed by atoms with Crippen LogP contribution < -0.4 is 0 Å². The minimum Gasteiger partial charge on any atom is -0.342 e. The normalized spacial score (nSPS) is 13.8. The molecule has 0 amide bonds. The van der Waals surface area contributed by atoms with Gasteiger partial charge in [-0.1, -0.05) is 76.2 Å². The molecule has 3 heteroatoms. The predicted octanol–water partition coefficient (Wildman–Crippen LogP) is 7.86. The predicted molar refractivity (Wildman–Crippen MR) is 136 cm³/mol. The maximum Gasteiger partial charge on any atom is 0.109 e. The molecule has 0 saturated heterocycles. The van der Waals surface area contributed by atoms with Crippen molar-refractivity contribution in [1.82, 2.24) is 9.97 Å². The van der Waals surface area contributed by atoms with Gasteiger partial charge in [-0.05, 0) is 51.1 Å². The number of imidazole rings is 1. The summed E-state index contributed by atoms with van der Waals surface area (Å²) < 4.78 is 0. The van der Waals surface area contributed by atoms with E-state index in [1.165, 1.54) is 44.3 Å². The van der Waals surface area contributed by atoms with Gasteiger partial charge in [0.2, 0.25) is 0 Å². The Kier molecular flexibility index (Phi) is 5.26. The number of rotatable bonds is 5. The van der Waals surface area contributed by atoms with Crippen molar-refractivity contribution in [2.45, 2.75) is 40.0 Å². The van der Waals surface area contributed by atoms with E-state index in [4.69, 9.17) is 0 Å². The SMILES string of the molecule is CC(C)C1=NC=C(c2ccc(-c3ccc4cc(-c5cnc(C(C)C)[nH]5)ccc4c3)cc2)C1. The average molecular weight is 420 g/mol. The number of H-pyrrole nitrogens is 1. The lowest BCUT2D eigenvalue weighted by Crippen LogP contribution is -2.04. The van der Waals surface area contributed by atoms with Gasteiger partial charge in [-0.2, -0.15) is 0 Å². The number of benzene rings is 3. The van der Waals surface area contributed by atoms with Gasteiger partial charge in [0.15, 0.2) is 0 Å². The first kappa shape index (κ1) is 20.4. The summed E-state index contributed by atoms with van der Waals surface area (Å²) in [5.41, 5.74) is 8.56.